The maximum absolute atomic E-state index is 12.1. The molecule has 1 aromatic carbocycles. The molecule has 0 saturated carbocycles. The van der Waals surface area contributed by atoms with Gasteiger partial charge in [-0.1, -0.05) is 19.1 Å². The Morgan fingerprint density at radius 3 is 2.78 bits per heavy atom. The van der Waals surface area contributed by atoms with Crippen molar-refractivity contribution in [1.82, 2.24) is 10.6 Å². The van der Waals surface area contributed by atoms with Crippen molar-refractivity contribution in [2.45, 2.75) is 25.9 Å². The van der Waals surface area contributed by atoms with E-state index in [9.17, 15) is 4.79 Å². The molecule has 0 spiro atoms. The third-order valence-electron chi connectivity index (χ3n) is 3.60. The number of carbonyl (C=O) groups is 1. The SMILES string of the molecule is CC1CCNCC1NC(=O)c1ccc(CN)cc1. The summed E-state index contributed by atoms with van der Waals surface area (Å²) in [6.07, 6.45) is 1.11. The molecule has 0 aromatic heterocycles. The molecule has 1 fully saturated rings. The van der Waals surface area contributed by atoms with Gasteiger partial charge in [-0.2, -0.15) is 0 Å². The minimum absolute atomic E-state index is 0.000813. The minimum Gasteiger partial charge on any atom is -0.348 e. The molecule has 1 aliphatic heterocycles. The zero-order chi connectivity index (χ0) is 13.0. The fourth-order valence-corrected chi connectivity index (χ4v) is 2.23. The fourth-order valence-electron chi connectivity index (χ4n) is 2.23. The number of hydrogen-bond acceptors (Lipinski definition) is 3. The van der Waals surface area contributed by atoms with Gasteiger partial charge in [0, 0.05) is 24.7 Å². The third-order valence-corrected chi connectivity index (χ3v) is 3.60. The maximum Gasteiger partial charge on any atom is 0.251 e. The van der Waals surface area contributed by atoms with E-state index in [1.54, 1.807) is 0 Å². The minimum atomic E-state index is -0.000813. The molecule has 1 saturated heterocycles. The van der Waals surface area contributed by atoms with E-state index in [0.29, 0.717) is 18.0 Å². The number of amides is 1. The predicted octanol–water partition coefficient (Wildman–Crippen LogP) is 0.873. The van der Waals surface area contributed by atoms with Crippen molar-refractivity contribution in [3.05, 3.63) is 35.4 Å². The van der Waals surface area contributed by atoms with Gasteiger partial charge >= 0.3 is 0 Å². The van der Waals surface area contributed by atoms with E-state index < -0.39 is 0 Å². The second-order valence-corrected chi connectivity index (χ2v) is 4.95. The van der Waals surface area contributed by atoms with Gasteiger partial charge in [0.15, 0.2) is 0 Å². The van der Waals surface area contributed by atoms with Crippen LogP contribution in [0.5, 0.6) is 0 Å². The number of rotatable bonds is 3. The molecule has 1 heterocycles. The van der Waals surface area contributed by atoms with Crippen LogP contribution in [0.4, 0.5) is 0 Å². The number of piperidine rings is 1. The summed E-state index contributed by atoms with van der Waals surface area (Å²) in [4.78, 5) is 12.1. The van der Waals surface area contributed by atoms with Crippen LogP contribution in [0.1, 0.15) is 29.3 Å². The van der Waals surface area contributed by atoms with Gasteiger partial charge < -0.3 is 16.4 Å². The summed E-state index contributed by atoms with van der Waals surface area (Å²) in [7, 11) is 0. The quantitative estimate of drug-likeness (QED) is 0.742. The van der Waals surface area contributed by atoms with Crippen LogP contribution in [0.15, 0.2) is 24.3 Å². The van der Waals surface area contributed by atoms with Crippen LogP contribution in [-0.4, -0.2) is 25.0 Å². The first-order valence-corrected chi connectivity index (χ1v) is 6.51. The van der Waals surface area contributed by atoms with Crippen LogP contribution in [0, 0.1) is 5.92 Å². The molecular weight excluding hydrogens is 226 g/mol. The highest BCUT2D eigenvalue weighted by Crippen LogP contribution is 2.12. The largest absolute Gasteiger partial charge is 0.348 e. The summed E-state index contributed by atoms with van der Waals surface area (Å²) in [6, 6.07) is 7.69. The average molecular weight is 247 g/mol. The van der Waals surface area contributed by atoms with Crippen molar-refractivity contribution in [3.8, 4) is 0 Å². The molecule has 0 radical (unpaired) electrons. The monoisotopic (exact) mass is 247 g/mol. The highest BCUT2D eigenvalue weighted by molar-refractivity contribution is 5.94. The summed E-state index contributed by atoms with van der Waals surface area (Å²) in [5.74, 6) is 0.526. The van der Waals surface area contributed by atoms with Gasteiger partial charge in [-0.15, -0.1) is 0 Å². The second kappa shape index (κ2) is 5.98. The van der Waals surface area contributed by atoms with Crippen LogP contribution in [0.3, 0.4) is 0 Å². The average Bonchev–Trinajstić information content (AvgIpc) is 2.41. The maximum atomic E-state index is 12.1. The molecule has 2 unspecified atom stereocenters. The van der Waals surface area contributed by atoms with Crippen molar-refractivity contribution in [2.24, 2.45) is 11.7 Å². The molecule has 2 rings (SSSR count). The zero-order valence-electron chi connectivity index (χ0n) is 10.8. The number of hydrogen-bond donors (Lipinski definition) is 3. The highest BCUT2D eigenvalue weighted by atomic mass is 16.1. The highest BCUT2D eigenvalue weighted by Gasteiger charge is 2.22. The summed E-state index contributed by atoms with van der Waals surface area (Å²) in [6.45, 7) is 4.58. The molecule has 18 heavy (non-hydrogen) atoms. The topological polar surface area (TPSA) is 67.1 Å². The molecule has 0 bridgehead atoms. The first-order chi connectivity index (χ1) is 8.70. The van der Waals surface area contributed by atoms with E-state index in [2.05, 4.69) is 17.6 Å². The third kappa shape index (κ3) is 3.09. The lowest BCUT2D eigenvalue weighted by Crippen LogP contribution is -2.50. The van der Waals surface area contributed by atoms with Crippen LogP contribution in [-0.2, 0) is 6.54 Å². The Hall–Kier alpha value is -1.39. The van der Waals surface area contributed by atoms with Crippen molar-refractivity contribution in [2.75, 3.05) is 13.1 Å². The van der Waals surface area contributed by atoms with Gasteiger partial charge in [0.2, 0.25) is 0 Å². The standard InChI is InChI=1S/C14H21N3O/c1-10-6-7-16-9-13(10)17-14(18)12-4-2-11(8-15)3-5-12/h2-5,10,13,16H,6-9,15H2,1H3,(H,17,18). The second-order valence-electron chi connectivity index (χ2n) is 4.95. The lowest BCUT2D eigenvalue weighted by atomic mass is 9.94. The van der Waals surface area contributed by atoms with Crippen LogP contribution in [0.2, 0.25) is 0 Å². The number of nitrogens with two attached hydrogens (primary N) is 1. The fraction of sp³-hybridized carbons (Fsp3) is 0.500. The Morgan fingerprint density at radius 1 is 1.44 bits per heavy atom. The van der Waals surface area contributed by atoms with E-state index >= 15 is 0 Å². The van der Waals surface area contributed by atoms with Gasteiger partial charge in [0.1, 0.15) is 0 Å². The first kappa shape index (κ1) is 13.1. The van der Waals surface area contributed by atoms with Crippen molar-refractivity contribution < 1.29 is 4.79 Å². The summed E-state index contributed by atoms with van der Waals surface area (Å²) in [5, 5.41) is 6.40. The molecule has 1 aromatic rings. The van der Waals surface area contributed by atoms with Crippen molar-refractivity contribution in [3.63, 3.8) is 0 Å². The molecule has 1 aliphatic rings. The normalized spacial score (nSPS) is 23.7. The molecule has 4 heteroatoms. The van der Waals surface area contributed by atoms with Gasteiger partial charge in [0.25, 0.3) is 5.91 Å². The van der Waals surface area contributed by atoms with Crippen molar-refractivity contribution >= 4 is 5.91 Å². The Morgan fingerprint density at radius 2 is 2.17 bits per heavy atom. The molecule has 1 amide bonds. The first-order valence-electron chi connectivity index (χ1n) is 6.51. The Labute approximate surface area is 108 Å². The van der Waals surface area contributed by atoms with Gasteiger partial charge in [-0.05, 0) is 36.6 Å². The van der Waals surface area contributed by atoms with E-state index in [-0.39, 0.29) is 11.9 Å². The van der Waals surface area contributed by atoms with E-state index in [4.69, 9.17) is 5.73 Å². The number of nitrogens with one attached hydrogen (secondary N) is 2. The Kier molecular flexibility index (Phi) is 4.33. The molecule has 0 aliphatic carbocycles. The Bertz CT molecular complexity index is 402. The number of carbonyl (C=O) groups excluding carboxylic acids is 1. The van der Waals surface area contributed by atoms with Gasteiger partial charge in [-0.25, -0.2) is 0 Å². The molecular formula is C14H21N3O. The summed E-state index contributed by atoms with van der Waals surface area (Å²) < 4.78 is 0. The van der Waals surface area contributed by atoms with Crippen molar-refractivity contribution in [1.29, 1.82) is 0 Å². The predicted molar refractivity (Wildman–Crippen MR) is 72.2 cm³/mol. The summed E-state index contributed by atoms with van der Waals surface area (Å²) >= 11 is 0. The van der Waals surface area contributed by atoms with E-state index in [1.165, 1.54) is 0 Å². The molecule has 2 atom stereocenters. The summed E-state index contributed by atoms with van der Waals surface area (Å²) in [5.41, 5.74) is 7.27. The molecule has 4 N–H and O–H groups in total. The lowest BCUT2D eigenvalue weighted by molar-refractivity contribution is 0.0915. The molecule has 98 valence electrons. The lowest BCUT2D eigenvalue weighted by Gasteiger charge is -2.30. The zero-order valence-corrected chi connectivity index (χ0v) is 10.8. The van der Waals surface area contributed by atoms with Crippen LogP contribution >= 0.6 is 0 Å². The molecule has 4 nitrogen and oxygen atoms in total. The van der Waals surface area contributed by atoms with E-state index in [1.807, 2.05) is 24.3 Å². The number of benzene rings is 1. The van der Waals surface area contributed by atoms with Gasteiger partial charge in [0.05, 0.1) is 0 Å². The Balaban J connectivity index is 1.97. The van der Waals surface area contributed by atoms with Crippen LogP contribution < -0.4 is 16.4 Å². The van der Waals surface area contributed by atoms with E-state index in [0.717, 1.165) is 25.1 Å². The van der Waals surface area contributed by atoms with Crippen LogP contribution in [0.25, 0.3) is 0 Å². The van der Waals surface area contributed by atoms with Gasteiger partial charge in [-0.3, -0.25) is 4.79 Å². The smallest absolute Gasteiger partial charge is 0.251 e.